The SMILES string of the molecule is CCNCc1cccnc1N1CCN(C)C(=O)C1(C)C. The fourth-order valence-electron chi connectivity index (χ4n) is 2.66. The van der Waals surface area contributed by atoms with E-state index in [0.717, 1.165) is 37.6 Å². The number of nitrogens with zero attached hydrogens (tertiary/aromatic N) is 3. The molecule has 0 bridgehead atoms. The lowest BCUT2D eigenvalue weighted by atomic mass is 9.97. The summed E-state index contributed by atoms with van der Waals surface area (Å²) >= 11 is 0. The van der Waals surface area contributed by atoms with Crippen LogP contribution in [0, 0.1) is 0 Å². The van der Waals surface area contributed by atoms with Gasteiger partial charge >= 0.3 is 0 Å². The second-order valence-electron chi connectivity index (χ2n) is 5.70. The Morgan fingerprint density at radius 3 is 2.85 bits per heavy atom. The van der Waals surface area contributed by atoms with Crippen LogP contribution in [0.15, 0.2) is 18.3 Å². The first-order valence-corrected chi connectivity index (χ1v) is 7.16. The maximum atomic E-state index is 12.4. The molecule has 1 saturated heterocycles. The molecule has 0 saturated carbocycles. The summed E-state index contributed by atoms with van der Waals surface area (Å²) in [6, 6.07) is 4.02. The van der Waals surface area contributed by atoms with Crippen molar-refractivity contribution in [2.24, 2.45) is 0 Å². The Labute approximate surface area is 121 Å². The lowest BCUT2D eigenvalue weighted by molar-refractivity contribution is -0.136. The van der Waals surface area contributed by atoms with Crippen molar-refractivity contribution >= 4 is 11.7 Å². The molecule has 1 aliphatic heterocycles. The van der Waals surface area contributed by atoms with Gasteiger partial charge in [0.1, 0.15) is 11.4 Å². The Kier molecular flexibility index (Phi) is 4.28. The summed E-state index contributed by atoms with van der Waals surface area (Å²) in [5, 5.41) is 3.33. The van der Waals surface area contributed by atoms with Crippen LogP contribution in [-0.2, 0) is 11.3 Å². The van der Waals surface area contributed by atoms with E-state index in [1.54, 1.807) is 11.1 Å². The van der Waals surface area contributed by atoms with Crippen LogP contribution in [-0.4, -0.2) is 48.0 Å². The summed E-state index contributed by atoms with van der Waals surface area (Å²) in [4.78, 5) is 20.8. The van der Waals surface area contributed by atoms with Crippen molar-refractivity contribution in [3.63, 3.8) is 0 Å². The molecule has 20 heavy (non-hydrogen) atoms. The van der Waals surface area contributed by atoms with E-state index in [9.17, 15) is 4.79 Å². The fraction of sp³-hybridized carbons (Fsp3) is 0.600. The monoisotopic (exact) mass is 276 g/mol. The molecule has 1 N–H and O–H groups in total. The number of pyridine rings is 1. The molecule has 1 aromatic rings. The molecule has 0 unspecified atom stereocenters. The van der Waals surface area contributed by atoms with Gasteiger partial charge in [-0.25, -0.2) is 4.98 Å². The fourth-order valence-corrected chi connectivity index (χ4v) is 2.66. The number of amides is 1. The maximum absolute atomic E-state index is 12.4. The molecule has 5 heteroatoms. The van der Waals surface area contributed by atoms with E-state index in [1.165, 1.54) is 0 Å². The highest BCUT2D eigenvalue weighted by Crippen LogP contribution is 2.29. The average molecular weight is 276 g/mol. The lowest BCUT2D eigenvalue weighted by Gasteiger charge is -2.46. The predicted octanol–water partition coefficient (Wildman–Crippen LogP) is 1.25. The van der Waals surface area contributed by atoms with Crippen molar-refractivity contribution in [3.05, 3.63) is 23.9 Å². The molecule has 110 valence electrons. The third kappa shape index (κ3) is 2.63. The molecule has 0 aromatic carbocycles. The van der Waals surface area contributed by atoms with Crippen LogP contribution in [0.5, 0.6) is 0 Å². The van der Waals surface area contributed by atoms with Gasteiger partial charge in [0.05, 0.1) is 0 Å². The first kappa shape index (κ1) is 14.8. The minimum atomic E-state index is -0.553. The molecule has 2 heterocycles. The van der Waals surface area contributed by atoms with Crippen LogP contribution in [0.3, 0.4) is 0 Å². The zero-order valence-electron chi connectivity index (χ0n) is 12.8. The summed E-state index contributed by atoms with van der Waals surface area (Å²) in [6.07, 6.45) is 1.80. The van der Waals surface area contributed by atoms with Crippen molar-refractivity contribution in [3.8, 4) is 0 Å². The zero-order chi connectivity index (χ0) is 14.8. The van der Waals surface area contributed by atoms with Gasteiger partial charge in [0.15, 0.2) is 0 Å². The maximum Gasteiger partial charge on any atom is 0.247 e. The number of carbonyl (C=O) groups is 1. The van der Waals surface area contributed by atoms with Crippen LogP contribution < -0.4 is 10.2 Å². The van der Waals surface area contributed by atoms with E-state index in [2.05, 4.69) is 28.2 Å². The minimum Gasteiger partial charge on any atom is -0.342 e. The first-order valence-electron chi connectivity index (χ1n) is 7.16. The molecule has 0 aliphatic carbocycles. The van der Waals surface area contributed by atoms with Crippen LogP contribution in [0.4, 0.5) is 5.82 Å². The van der Waals surface area contributed by atoms with E-state index in [-0.39, 0.29) is 5.91 Å². The van der Waals surface area contributed by atoms with Gasteiger partial charge in [-0.1, -0.05) is 13.0 Å². The second kappa shape index (κ2) is 5.79. The smallest absolute Gasteiger partial charge is 0.247 e. The van der Waals surface area contributed by atoms with E-state index in [1.807, 2.05) is 27.0 Å². The highest BCUT2D eigenvalue weighted by molar-refractivity contribution is 5.90. The molecular weight excluding hydrogens is 252 g/mol. The molecule has 0 atom stereocenters. The molecule has 0 spiro atoms. The summed E-state index contributed by atoms with van der Waals surface area (Å²) < 4.78 is 0. The van der Waals surface area contributed by atoms with Crippen molar-refractivity contribution < 1.29 is 4.79 Å². The third-order valence-electron chi connectivity index (χ3n) is 3.89. The molecule has 1 amide bonds. The summed E-state index contributed by atoms with van der Waals surface area (Å²) in [6.45, 7) is 9.26. The topological polar surface area (TPSA) is 48.5 Å². The lowest BCUT2D eigenvalue weighted by Crippen LogP contribution is -2.62. The zero-order valence-corrected chi connectivity index (χ0v) is 12.8. The van der Waals surface area contributed by atoms with Gasteiger partial charge < -0.3 is 15.1 Å². The quantitative estimate of drug-likeness (QED) is 0.899. The molecular formula is C15H24N4O. The first-order chi connectivity index (χ1) is 9.48. The van der Waals surface area contributed by atoms with Gasteiger partial charge in [-0.05, 0) is 26.5 Å². The Balaban J connectivity index is 2.33. The molecule has 5 nitrogen and oxygen atoms in total. The molecule has 2 rings (SSSR count). The Bertz CT molecular complexity index is 487. The largest absolute Gasteiger partial charge is 0.342 e. The van der Waals surface area contributed by atoms with Crippen molar-refractivity contribution in [2.45, 2.75) is 32.9 Å². The second-order valence-corrected chi connectivity index (χ2v) is 5.70. The number of hydrogen-bond donors (Lipinski definition) is 1. The van der Waals surface area contributed by atoms with Crippen molar-refractivity contribution in [2.75, 3.05) is 31.6 Å². The number of aromatic nitrogens is 1. The minimum absolute atomic E-state index is 0.142. The summed E-state index contributed by atoms with van der Waals surface area (Å²) in [7, 11) is 1.86. The predicted molar refractivity (Wildman–Crippen MR) is 80.7 cm³/mol. The van der Waals surface area contributed by atoms with Crippen LogP contribution in [0.2, 0.25) is 0 Å². The normalized spacial score (nSPS) is 18.5. The third-order valence-corrected chi connectivity index (χ3v) is 3.89. The van der Waals surface area contributed by atoms with Crippen LogP contribution in [0.1, 0.15) is 26.3 Å². The van der Waals surface area contributed by atoms with E-state index < -0.39 is 5.54 Å². The molecule has 1 fully saturated rings. The van der Waals surface area contributed by atoms with Crippen molar-refractivity contribution in [1.82, 2.24) is 15.2 Å². The Hall–Kier alpha value is -1.62. The average Bonchev–Trinajstić information content (AvgIpc) is 2.43. The summed E-state index contributed by atoms with van der Waals surface area (Å²) in [5.41, 5.74) is 0.585. The number of piperazine rings is 1. The van der Waals surface area contributed by atoms with E-state index in [0.29, 0.717) is 0 Å². The molecule has 1 aliphatic rings. The van der Waals surface area contributed by atoms with Gasteiger partial charge in [0.2, 0.25) is 5.91 Å². The van der Waals surface area contributed by atoms with Gasteiger partial charge in [-0.15, -0.1) is 0 Å². The van der Waals surface area contributed by atoms with E-state index in [4.69, 9.17) is 0 Å². The number of likely N-dealkylation sites (N-methyl/N-ethyl adjacent to an activating group) is 1. The van der Waals surface area contributed by atoms with Crippen molar-refractivity contribution in [1.29, 1.82) is 0 Å². The number of nitrogens with one attached hydrogen (secondary N) is 1. The molecule has 0 radical (unpaired) electrons. The van der Waals surface area contributed by atoms with Gasteiger partial charge in [0.25, 0.3) is 0 Å². The number of rotatable bonds is 4. The van der Waals surface area contributed by atoms with Gasteiger partial charge in [-0.2, -0.15) is 0 Å². The standard InChI is InChI=1S/C15H24N4O/c1-5-16-11-12-7-6-8-17-13(12)19-10-9-18(4)14(20)15(19,2)3/h6-8,16H,5,9-11H2,1-4H3. The Morgan fingerprint density at radius 2 is 2.15 bits per heavy atom. The number of anilines is 1. The van der Waals surface area contributed by atoms with Crippen LogP contribution >= 0.6 is 0 Å². The van der Waals surface area contributed by atoms with Crippen LogP contribution in [0.25, 0.3) is 0 Å². The molecule has 1 aromatic heterocycles. The highest BCUT2D eigenvalue weighted by atomic mass is 16.2. The van der Waals surface area contributed by atoms with Gasteiger partial charge in [0, 0.05) is 38.4 Å². The van der Waals surface area contributed by atoms with E-state index >= 15 is 0 Å². The number of hydrogen-bond acceptors (Lipinski definition) is 4. The van der Waals surface area contributed by atoms with Gasteiger partial charge in [-0.3, -0.25) is 4.79 Å². The Morgan fingerprint density at radius 1 is 1.40 bits per heavy atom. The highest BCUT2D eigenvalue weighted by Gasteiger charge is 2.41. The number of carbonyl (C=O) groups excluding carboxylic acids is 1. The summed E-state index contributed by atoms with van der Waals surface area (Å²) in [5.74, 6) is 1.06.